The highest BCUT2D eigenvalue weighted by Crippen LogP contribution is 2.56. The maximum absolute atomic E-state index is 12.7. The maximum atomic E-state index is 12.7. The van der Waals surface area contributed by atoms with Crippen LogP contribution < -0.4 is 0 Å². The molecule has 0 saturated carbocycles. The summed E-state index contributed by atoms with van der Waals surface area (Å²) in [7, 11) is -2.30. The quantitative estimate of drug-likeness (QED) is 0.0790. The van der Waals surface area contributed by atoms with E-state index in [0.717, 1.165) is 0 Å². The molecule has 3 aliphatic rings. The molecule has 3 aliphatic heterocycles. The van der Waals surface area contributed by atoms with Crippen molar-refractivity contribution < 1.29 is 81.5 Å². The third kappa shape index (κ3) is 13.2. The van der Waals surface area contributed by atoms with Gasteiger partial charge in [-0.05, 0) is 0 Å². The molecule has 0 aliphatic carbocycles. The van der Waals surface area contributed by atoms with Crippen molar-refractivity contribution in [3.8, 4) is 0 Å². The fraction of sp³-hybridized carbons (Fsp3) is 1.00. The molecule has 3 fully saturated rings. The van der Waals surface area contributed by atoms with Gasteiger partial charge in [-0.25, -0.2) is 0 Å². The number of ether oxygens (including phenoxy) is 6. The van der Waals surface area contributed by atoms with E-state index < -0.39 is 78.0 Å². The molecule has 3 heterocycles. The van der Waals surface area contributed by atoms with Crippen molar-refractivity contribution in [1.29, 1.82) is 0 Å². The topological polar surface area (TPSA) is 93.0 Å². The lowest BCUT2D eigenvalue weighted by atomic mass is 9.80. The fourth-order valence-electron chi connectivity index (χ4n) is 3.60. The summed E-state index contributed by atoms with van der Waals surface area (Å²) in [5.74, 6) is 0. The normalized spacial score (nSPS) is 25.7. The summed E-state index contributed by atoms with van der Waals surface area (Å²) in [6, 6.07) is 0. The molecule has 0 amide bonds. The smallest absolute Gasteiger partial charge is 0.372 e. The van der Waals surface area contributed by atoms with Gasteiger partial charge in [0, 0.05) is 39.1 Å². The van der Waals surface area contributed by atoms with Gasteiger partial charge in [0.2, 0.25) is 0 Å². The van der Waals surface area contributed by atoms with Crippen molar-refractivity contribution in [3.63, 3.8) is 0 Å². The summed E-state index contributed by atoms with van der Waals surface area (Å²) in [4.78, 5) is 0. The van der Waals surface area contributed by atoms with Crippen LogP contribution in [-0.2, 0) is 42.0 Å². The molecular weight excluding hydrogens is 598 g/mol. The number of rotatable bonds is 21. The van der Waals surface area contributed by atoms with Gasteiger partial charge in [-0.3, -0.25) is 0 Å². The molecule has 40 heavy (non-hydrogen) atoms. The molecule has 19 heteroatoms. The number of halogens is 9. The summed E-state index contributed by atoms with van der Waals surface area (Å²) >= 11 is 0. The summed E-state index contributed by atoms with van der Waals surface area (Å²) in [5.41, 5.74) is -3.20. The van der Waals surface area contributed by atoms with Crippen LogP contribution in [0, 0.1) is 0 Å². The van der Waals surface area contributed by atoms with E-state index in [9.17, 15) is 39.5 Å². The zero-order valence-electron chi connectivity index (χ0n) is 21.1. The van der Waals surface area contributed by atoms with E-state index in [2.05, 4.69) is 4.74 Å². The number of epoxide rings is 3. The zero-order valence-corrected chi connectivity index (χ0v) is 22.0. The van der Waals surface area contributed by atoms with Gasteiger partial charge >= 0.3 is 27.1 Å². The predicted molar refractivity (Wildman–Crippen MR) is 115 cm³/mol. The summed E-state index contributed by atoms with van der Waals surface area (Å²) in [6.45, 7) is -5.77. The standard InChI is InChI=1S/C21H30F9O9P/c22-19(23,24)12-31-4-1-17(2-5-32-13-20(25,26)27,18(11-36-18)3-6-33-14-21(28,29)30)39-40(37-9-15-7-34-15)38-10-16-8-35-16/h15-16H,1-14H2. The third-order valence-electron chi connectivity index (χ3n) is 5.86. The molecule has 236 valence electrons. The first kappa shape index (κ1) is 33.9. The fourth-order valence-corrected chi connectivity index (χ4v) is 4.99. The Morgan fingerprint density at radius 1 is 0.675 bits per heavy atom. The van der Waals surface area contributed by atoms with Gasteiger partial charge in [-0.2, -0.15) is 39.5 Å². The Labute approximate surface area is 224 Å². The van der Waals surface area contributed by atoms with E-state index in [-0.39, 0.29) is 51.3 Å². The molecule has 0 N–H and O–H groups in total. The molecule has 0 bridgehead atoms. The minimum absolute atomic E-state index is 0.0189. The molecule has 3 atom stereocenters. The minimum Gasteiger partial charge on any atom is -0.372 e. The Morgan fingerprint density at radius 2 is 1.07 bits per heavy atom. The number of hydrogen-bond donors (Lipinski definition) is 0. The average Bonchev–Trinajstić information content (AvgIpc) is 3.68. The van der Waals surface area contributed by atoms with Crippen LogP contribution in [0.1, 0.15) is 19.3 Å². The molecule has 0 aromatic heterocycles. The first-order valence-corrected chi connectivity index (χ1v) is 13.3. The molecule has 3 unspecified atom stereocenters. The second kappa shape index (κ2) is 14.3. The highest BCUT2D eigenvalue weighted by Gasteiger charge is 2.63. The zero-order chi connectivity index (χ0) is 29.5. The largest absolute Gasteiger partial charge is 0.411 e. The van der Waals surface area contributed by atoms with Crippen LogP contribution in [0.15, 0.2) is 0 Å². The molecule has 0 aromatic rings. The van der Waals surface area contributed by atoms with Crippen molar-refractivity contribution in [3.05, 3.63) is 0 Å². The lowest BCUT2D eigenvalue weighted by Gasteiger charge is -2.40. The molecule has 3 saturated heterocycles. The van der Waals surface area contributed by atoms with E-state index in [1.807, 2.05) is 0 Å². The SMILES string of the molecule is FC(F)(F)COCCC1(C(CCOCC(F)(F)F)(CCOCC(F)(F)F)OP(OCC2CO2)OCC2CO2)CO1. The average molecular weight is 628 g/mol. The Bertz CT molecular complexity index is 719. The highest BCUT2D eigenvalue weighted by atomic mass is 31.2. The van der Waals surface area contributed by atoms with Gasteiger partial charge < -0.3 is 42.0 Å². The minimum atomic E-state index is -4.66. The van der Waals surface area contributed by atoms with Gasteiger partial charge in [0.25, 0.3) is 0 Å². The molecule has 3 rings (SSSR count). The van der Waals surface area contributed by atoms with Crippen molar-refractivity contribution in [2.24, 2.45) is 0 Å². The van der Waals surface area contributed by atoms with Crippen molar-refractivity contribution in [2.75, 3.05) is 72.7 Å². The van der Waals surface area contributed by atoms with E-state index in [1.165, 1.54) is 0 Å². The van der Waals surface area contributed by atoms with Crippen molar-refractivity contribution in [2.45, 2.75) is 61.2 Å². The lowest BCUT2D eigenvalue weighted by molar-refractivity contribution is -0.185. The lowest BCUT2D eigenvalue weighted by Crippen LogP contribution is -2.50. The van der Waals surface area contributed by atoms with Crippen LogP contribution >= 0.6 is 8.60 Å². The Morgan fingerprint density at radius 3 is 1.43 bits per heavy atom. The Balaban J connectivity index is 1.77. The molecule has 0 radical (unpaired) electrons. The van der Waals surface area contributed by atoms with Crippen molar-refractivity contribution >= 4 is 8.60 Å². The van der Waals surface area contributed by atoms with Gasteiger partial charge in [0.05, 0.1) is 33.0 Å². The first-order chi connectivity index (χ1) is 18.6. The monoisotopic (exact) mass is 628 g/mol. The maximum Gasteiger partial charge on any atom is 0.411 e. The van der Waals surface area contributed by atoms with Crippen LogP contribution in [0.2, 0.25) is 0 Å². The molecule has 0 aromatic carbocycles. The van der Waals surface area contributed by atoms with Gasteiger partial charge in [-0.15, -0.1) is 0 Å². The van der Waals surface area contributed by atoms with Crippen LogP contribution in [0.5, 0.6) is 0 Å². The number of hydrogen-bond acceptors (Lipinski definition) is 9. The van der Waals surface area contributed by atoms with Gasteiger partial charge in [0.1, 0.15) is 43.2 Å². The third-order valence-corrected chi connectivity index (χ3v) is 7.08. The summed E-state index contributed by atoms with van der Waals surface area (Å²) in [6.07, 6.45) is -15.4. The van der Waals surface area contributed by atoms with Gasteiger partial charge in [0.15, 0.2) is 0 Å². The second-order valence-electron chi connectivity index (χ2n) is 9.35. The predicted octanol–water partition coefficient (Wildman–Crippen LogP) is 4.48. The van der Waals surface area contributed by atoms with E-state index in [4.69, 9.17) is 37.3 Å². The van der Waals surface area contributed by atoms with Crippen LogP contribution in [0.4, 0.5) is 39.5 Å². The summed E-state index contributed by atoms with van der Waals surface area (Å²) < 4.78 is 161. The Kier molecular flexibility index (Phi) is 12.1. The number of alkyl halides is 9. The second-order valence-corrected chi connectivity index (χ2v) is 10.5. The van der Waals surface area contributed by atoms with E-state index >= 15 is 0 Å². The molecule has 9 nitrogen and oxygen atoms in total. The molecule has 0 spiro atoms. The van der Waals surface area contributed by atoms with E-state index in [1.54, 1.807) is 0 Å². The van der Waals surface area contributed by atoms with Crippen LogP contribution in [0.3, 0.4) is 0 Å². The summed E-state index contributed by atoms with van der Waals surface area (Å²) in [5, 5.41) is 0. The van der Waals surface area contributed by atoms with Crippen molar-refractivity contribution in [1.82, 2.24) is 0 Å². The van der Waals surface area contributed by atoms with Gasteiger partial charge in [-0.1, -0.05) is 0 Å². The Hall–Kier alpha value is -0.560. The molecular formula is C21H30F9O9P. The first-order valence-electron chi connectivity index (χ1n) is 12.2. The highest BCUT2D eigenvalue weighted by molar-refractivity contribution is 7.41. The van der Waals surface area contributed by atoms with Crippen LogP contribution in [0.25, 0.3) is 0 Å². The van der Waals surface area contributed by atoms with Crippen LogP contribution in [-0.4, -0.2) is 115 Å². The van der Waals surface area contributed by atoms with E-state index in [0.29, 0.717) is 13.2 Å².